The maximum absolute atomic E-state index is 13.0. The molecule has 202 valence electrons. The molecule has 5 heterocycles. The molecule has 2 aliphatic heterocycles. The summed E-state index contributed by atoms with van der Waals surface area (Å²) in [6.45, 7) is -0.907. The van der Waals surface area contributed by atoms with E-state index in [1.807, 2.05) is 4.57 Å². The molecule has 5 N–H and O–H groups in total. The number of rotatable bonds is 9. The Bertz CT molecular complexity index is 1570. The van der Waals surface area contributed by atoms with Gasteiger partial charge in [0.25, 0.3) is 18.7 Å². The SMILES string of the molecule is Nc1nc(C(=NOCF)C(=O)N[C@@H]2C(=O)N3C(C(=O)[O-])=C(/C=C/C[n+]4ccc(N)n5nccc54)CS[C@@H]23)cs1. The van der Waals surface area contributed by atoms with Crippen LogP contribution in [0.4, 0.5) is 15.3 Å². The monoisotopic (exact) mass is 573 g/mol. The van der Waals surface area contributed by atoms with Crippen LogP contribution in [0, 0.1) is 0 Å². The first kappa shape index (κ1) is 26.1. The summed E-state index contributed by atoms with van der Waals surface area (Å²) >= 11 is 2.30. The van der Waals surface area contributed by atoms with Crippen LogP contribution in [0.1, 0.15) is 5.69 Å². The summed E-state index contributed by atoms with van der Waals surface area (Å²) in [6.07, 6.45) is 6.76. The van der Waals surface area contributed by atoms with Gasteiger partial charge in [0.2, 0.25) is 5.82 Å². The molecule has 3 aromatic rings. The number of carboxylic acids is 1. The number of fused-ring (bicyclic) bond motifs is 2. The van der Waals surface area contributed by atoms with Crippen LogP contribution in [-0.2, 0) is 25.8 Å². The minimum atomic E-state index is -1.52. The predicted molar refractivity (Wildman–Crippen MR) is 136 cm³/mol. The van der Waals surface area contributed by atoms with Crippen molar-refractivity contribution in [3.8, 4) is 0 Å². The number of nitrogens with zero attached hydrogens (tertiary/aromatic N) is 6. The van der Waals surface area contributed by atoms with Gasteiger partial charge in [0.15, 0.2) is 10.8 Å². The van der Waals surface area contributed by atoms with E-state index in [4.69, 9.17) is 11.5 Å². The van der Waals surface area contributed by atoms with Crippen LogP contribution in [0.3, 0.4) is 0 Å². The fraction of sp³-hybridized carbons (Fsp3) is 0.227. The zero-order valence-electron chi connectivity index (χ0n) is 19.9. The number of thioether (sulfide) groups is 1. The number of aliphatic carboxylic acids is 1. The second kappa shape index (κ2) is 10.7. The molecule has 2 atom stereocenters. The van der Waals surface area contributed by atoms with E-state index in [9.17, 15) is 23.9 Å². The van der Waals surface area contributed by atoms with Crippen molar-refractivity contribution in [1.82, 2.24) is 24.8 Å². The minimum Gasteiger partial charge on any atom is -0.543 e. The number of aromatic nitrogens is 4. The second-order valence-corrected chi connectivity index (χ2v) is 10.2. The van der Waals surface area contributed by atoms with E-state index >= 15 is 0 Å². The van der Waals surface area contributed by atoms with Crippen molar-refractivity contribution in [3.63, 3.8) is 0 Å². The molecule has 0 aromatic carbocycles. The van der Waals surface area contributed by atoms with Crippen molar-refractivity contribution < 1.29 is 33.3 Å². The molecule has 17 heteroatoms. The number of β-lactam (4-membered cyclic amide) rings is 1. The van der Waals surface area contributed by atoms with Gasteiger partial charge in [-0.1, -0.05) is 20.8 Å². The van der Waals surface area contributed by atoms with Gasteiger partial charge in [0.1, 0.15) is 23.7 Å². The molecule has 0 unspecified atom stereocenters. The van der Waals surface area contributed by atoms with E-state index in [0.717, 1.165) is 21.9 Å². The van der Waals surface area contributed by atoms with Crippen molar-refractivity contribution in [1.29, 1.82) is 0 Å². The number of alkyl halides is 1. The molecule has 39 heavy (non-hydrogen) atoms. The van der Waals surface area contributed by atoms with Gasteiger partial charge in [-0.2, -0.15) is 0 Å². The third kappa shape index (κ3) is 4.88. The van der Waals surface area contributed by atoms with E-state index in [0.29, 0.717) is 17.9 Å². The quantitative estimate of drug-likeness (QED) is 0.118. The number of carboxylic acid groups (broad SMARTS) is 1. The summed E-state index contributed by atoms with van der Waals surface area (Å²) in [5, 5.41) is 23.0. The maximum Gasteiger partial charge on any atom is 0.310 e. The van der Waals surface area contributed by atoms with Gasteiger partial charge >= 0.3 is 5.65 Å². The molecule has 0 aliphatic carbocycles. The van der Waals surface area contributed by atoms with Crippen molar-refractivity contribution in [2.75, 3.05) is 24.1 Å². The molecule has 0 spiro atoms. The van der Waals surface area contributed by atoms with E-state index in [1.165, 1.54) is 17.1 Å². The van der Waals surface area contributed by atoms with Crippen LogP contribution in [0.15, 0.2) is 58.5 Å². The molecular formula is C22H20FN9O5S2. The van der Waals surface area contributed by atoms with E-state index in [2.05, 4.69) is 25.4 Å². The number of amides is 2. The van der Waals surface area contributed by atoms with Gasteiger partial charge in [0, 0.05) is 17.2 Å². The lowest BCUT2D eigenvalue weighted by Gasteiger charge is -2.50. The van der Waals surface area contributed by atoms with Gasteiger partial charge in [-0.25, -0.2) is 13.9 Å². The average molecular weight is 574 g/mol. The molecule has 2 aliphatic rings. The predicted octanol–water partition coefficient (Wildman–Crippen LogP) is -1.45. The highest BCUT2D eigenvalue weighted by Crippen LogP contribution is 2.40. The van der Waals surface area contributed by atoms with Crippen molar-refractivity contribution in [3.05, 3.63) is 59.0 Å². The first-order valence-corrected chi connectivity index (χ1v) is 13.2. The molecule has 3 aromatic heterocycles. The Morgan fingerprint density at radius 1 is 1.38 bits per heavy atom. The molecule has 2 amide bonds. The third-order valence-electron chi connectivity index (χ3n) is 5.87. The maximum atomic E-state index is 13.0. The smallest absolute Gasteiger partial charge is 0.310 e. The second-order valence-electron chi connectivity index (χ2n) is 8.17. The van der Waals surface area contributed by atoms with Crippen LogP contribution in [0.25, 0.3) is 5.65 Å². The fourth-order valence-corrected chi connectivity index (χ4v) is 6.01. The van der Waals surface area contributed by atoms with Crippen molar-refractivity contribution in [2.45, 2.75) is 18.0 Å². The first-order chi connectivity index (χ1) is 18.8. The van der Waals surface area contributed by atoms with Crippen molar-refractivity contribution >= 4 is 63.2 Å². The Morgan fingerprint density at radius 3 is 2.92 bits per heavy atom. The van der Waals surface area contributed by atoms with Crippen molar-refractivity contribution in [2.24, 2.45) is 5.16 Å². The van der Waals surface area contributed by atoms with Gasteiger partial charge in [-0.15, -0.1) is 23.1 Å². The number of nitrogen functional groups attached to an aromatic ring is 2. The number of nitrogens with two attached hydrogens (primary N) is 2. The molecule has 0 bridgehead atoms. The molecule has 1 saturated heterocycles. The summed E-state index contributed by atoms with van der Waals surface area (Å²) in [5.74, 6) is -2.32. The highest BCUT2D eigenvalue weighted by atomic mass is 32.2. The Balaban J connectivity index is 1.32. The number of allylic oxidation sites excluding steroid dienone is 2. The Hall–Kier alpha value is -4.51. The topological polar surface area (TPSA) is 197 Å². The molecule has 0 saturated carbocycles. The summed E-state index contributed by atoms with van der Waals surface area (Å²) in [6, 6.07) is 2.42. The number of hydrogen-bond acceptors (Lipinski definition) is 12. The van der Waals surface area contributed by atoms with E-state index < -0.39 is 36.1 Å². The lowest BCUT2D eigenvalue weighted by Crippen LogP contribution is -2.71. The normalized spacial score (nSPS) is 19.4. The lowest BCUT2D eigenvalue weighted by molar-refractivity contribution is -0.664. The Kier molecular flexibility index (Phi) is 7.16. The number of carbonyl (C=O) groups is 3. The molecule has 14 nitrogen and oxygen atoms in total. The molecular weight excluding hydrogens is 553 g/mol. The van der Waals surface area contributed by atoms with Crippen LogP contribution >= 0.6 is 23.1 Å². The van der Waals surface area contributed by atoms with E-state index in [-0.39, 0.29) is 28.0 Å². The molecule has 1 fully saturated rings. The summed E-state index contributed by atoms with van der Waals surface area (Å²) in [4.78, 5) is 47.3. The standard InChI is InChI=1S/C22H20FN9O5S2/c23-10-37-29-15(12-9-39-22(25)27-12)18(33)28-16-19(34)31-17(21(35)36)11(8-38-20(16)31)2-1-6-30-7-4-13(24)32-14(30)3-5-26-32/h1-5,7,9,16,20,24H,6,8,10H2,(H4,25,27,28,33,35,36)/b2-1+,29-15?/t16-,20+/m1/s1. The van der Waals surface area contributed by atoms with Gasteiger partial charge in [0.05, 0.1) is 30.1 Å². The third-order valence-corrected chi connectivity index (χ3v) is 7.85. The van der Waals surface area contributed by atoms with Gasteiger partial charge in [-0.05, 0) is 11.6 Å². The van der Waals surface area contributed by atoms with Gasteiger partial charge in [-0.3, -0.25) is 14.5 Å². The van der Waals surface area contributed by atoms with Crippen LogP contribution in [0.5, 0.6) is 0 Å². The summed E-state index contributed by atoms with van der Waals surface area (Å²) in [7, 11) is 0. The van der Waals surface area contributed by atoms with Crippen LogP contribution in [-0.4, -0.2) is 67.0 Å². The van der Waals surface area contributed by atoms with Gasteiger partial charge < -0.3 is 31.5 Å². The largest absolute Gasteiger partial charge is 0.543 e. The number of anilines is 2. The number of hydrogen-bond donors (Lipinski definition) is 3. The molecule has 5 rings (SSSR count). The number of oxime groups is 1. The first-order valence-electron chi connectivity index (χ1n) is 11.3. The van der Waals surface area contributed by atoms with E-state index in [1.54, 1.807) is 41.2 Å². The number of carbonyl (C=O) groups excluding carboxylic acids is 3. The minimum absolute atomic E-state index is 0.0401. The highest BCUT2D eigenvalue weighted by Gasteiger charge is 2.53. The zero-order valence-corrected chi connectivity index (χ0v) is 21.5. The Morgan fingerprint density at radius 2 is 2.21 bits per heavy atom. The summed E-state index contributed by atoms with van der Waals surface area (Å²) in [5.41, 5.74) is 12.0. The number of nitrogens with one attached hydrogen (secondary N) is 1. The summed E-state index contributed by atoms with van der Waals surface area (Å²) < 4.78 is 15.9. The van der Waals surface area contributed by atoms with Crippen LogP contribution < -0.4 is 26.5 Å². The number of thiazole rings is 1. The average Bonchev–Trinajstić information content (AvgIpc) is 3.58. The van der Waals surface area contributed by atoms with Crippen LogP contribution in [0.2, 0.25) is 0 Å². The lowest BCUT2D eigenvalue weighted by atomic mass is 10.0. The Labute approximate surface area is 227 Å². The highest BCUT2D eigenvalue weighted by molar-refractivity contribution is 8.00. The number of halogens is 1. The fourth-order valence-electron chi connectivity index (χ4n) is 4.15. The zero-order chi connectivity index (χ0) is 27.7. The molecule has 0 radical (unpaired) electrons.